The molecular weight excluding hydrogens is 476 g/mol. The van der Waals surface area contributed by atoms with Crippen LogP contribution in [0.1, 0.15) is 22.6 Å². The van der Waals surface area contributed by atoms with Gasteiger partial charge in [-0.25, -0.2) is 0 Å². The normalized spacial score (nSPS) is 32.1. The van der Waals surface area contributed by atoms with E-state index in [-0.39, 0.29) is 17.2 Å². The summed E-state index contributed by atoms with van der Waals surface area (Å²) >= 11 is 0. The second kappa shape index (κ2) is 10.8. The predicted molar refractivity (Wildman–Crippen MR) is 124 cm³/mol. The molecule has 8 atom stereocenters. The molecule has 0 unspecified atom stereocenters. The zero-order valence-electron chi connectivity index (χ0n) is 20.1. The first-order valence-electron chi connectivity index (χ1n) is 11.5. The molecule has 1 saturated heterocycles. The SMILES string of the molecule is COc1cc([C@@H]2c3cc(O)c(OC)cc3C[C@H](OC)[C@H]2O[C@@H]2O[C@H](CO)[C@@H](O)[C@@H](O)[C@@H]2O)ccc1O. The number of rotatable bonds is 7. The molecule has 11 nitrogen and oxygen atoms in total. The molecule has 36 heavy (non-hydrogen) atoms. The molecule has 0 bridgehead atoms. The van der Waals surface area contributed by atoms with E-state index < -0.39 is 55.4 Å². The van der Waals surface area contributed by atoms with E-state index in [1.165, 1.54) is 27.4 Å². The van der Waals surface area contributed by atoms with Gasteiger partial charge in [-0.2, -0.15) is 0 Å². The van der Waals surface area contributed by atoms with Crippen LogP contribution in [0.4, 0.5) is 0 Å². The summed E-state index contributed by atoms with van der Waals surface area (Å²) < 4.78 is 28.2. The van der Waals surface area contributed by atoms with Crippen molar-refractivity contribution in [3.8, 4) is 23.0 Å². The third kappa shape index (κ3) is 4.71. The summed E-state index contributed by atoms with van der Waals surface area (Å²) in [5.41, 5.74) is 2.15. The van der Waals surface area contributed by atoms with Crippen molar-refractivity contribution in [3.05, 3.63) is 47.0 Å². The summed E-state index contributed by atoms with van der Waals surface area (Å²) in [5.74, 6) is -0.256. The minimum atomic E-state index is -1.61. The van der Waals surface area contributed by atoms with Crippen LogP contribution in [0, 0.1) is 0 Å². The van der Waals surface area contributed by atoms with Gasteiger partial charge >= 0.3 is 0 Å². The molecule has 2 aromatic rings. The fourth-order valence-corrected chi connectivity index (χ4v) is 4.96. The quantitative estimate of drug-likeness (QED) is 0.298. The average molecular weight is 509 g/mol. The van der Waals surface area contributed by atoms with Gasteiger partial charge in [-0.15, -0.1) is 0 Å². The molecule has 1 aliphatic carbocycles. The Labute approximate surface area is 208 Å². The first kappa shape index (κ1) is 26.4. The van der Waals surface area contributed by atoms with Gasteiger partial charge in [0.05, 0.1) is 33.0 Å². The van der Waals surface area contributed by atoms with Crippen molar-refractivity contribution in [2.24, 2.45) is 0 Å². The molecule has 2 aromatic carbocycles. The Morgan fingerprint density at radius 3 is 2.22 bits per heavy atom. The van der Waals surface area contributed by atoms with Gasteiger partial charge in [0.15, 0.2) is 29.3 Å². The molecule has 1 fully saturated rings. The Morgan fingerprint density at radius 2 is 1.58 bits per heavy atom. The second-order valence-electron chi connectivity index (χ2n) is 8.91. The van der Waals surface area contributed by atoms with E-state index in [0.29, 0.717) is 23.3 Å². The van der Waals surface area contributed by atoms with Crippen LogP contribution in [0.5, 0.6) is 23.0 Å². The van der Waals surface area contributed by atoms with Crippen LogP contribution >= 0.6 is 0 Å². The molecule has 0 saturated carbocycles. The maximum absolute atomic E-state index is 10.6. The fraction of sp³-hybridized carbons (Fsp3) is 0.520. The van der Waals surface area contributed by atoms with Gasteiger partial charge in [0.2, 0.25) is 0 Å². The second-order valence-corrected chi connectivity index (χ2v) is 8.91. The maximum atomic E-state index is 10.6. The summed E-state index contributed by atoms with van der Waals surface area (Å²) in [4.78, 5) is 0. The highest BCUT2D eigenvalue weighted by Crippen LogP contribution is 2.46. The zero-order valence-corrected chi connectivity index (χ0v) is 20.1. The lowest BCUT2D eigenvalue weighted by Gasteiger charge is -2.45. The summed E-state index contributed by atoms with van der Waals surface area (Å²) in [6, 6.07) is 8.06. The Bertz CT molecular complexity index is 1060. The number of phenolic OH excluding ortho intramolecular Hbond substituents is 2. The van der Waals surface area contributed by atoms with Crippen molar-refractivity contribution in [1.82, 2.24) is 0 Å². The summed E-state index contributed by atoms with van der Waals surface area (Å²) in [5, 5.41) is 61.3. The molecule has 198 valence electrons. The molecule has 1 heterocycles. The summed E-state index contributed by atoms with van der Waals surface area (Å²) in [6.45, 7) is -0.599. The predicted octanol–water partition coefficient (Wildman–Crippen LogP) is 0.00310. The molecule has 11 heteroatoms. The van der Waals surface area contributed by atoms with E-state index in [9.17, 15) is 30.6 Å². The van der Waals surface area contributed by atoms with Gasteiger partial charge in [-0.3, -0.25) is 0 Å². The Morgan fingerprint density at radius 1 is 0.889 bits per heavy atom. The van der Waals surface area contributed by atoms with Crippen LogP contribution in [0.25, 0.3) is 0 Å². The highest BCUT2D eigenvalue weighted by Gasteiger charge is 2.48. The smallest absolute Gasteiger partial charge is 0.187 e. The van der Waals surface area contributed by atoms with Gasteiger partial charge in [0.1, 0.15) is 24.4 Å². The van der Waals surface area contributed by atoms with Crippen LogP contribution in [0.2, 0.25) is 0 Å². The number of hydrogen-bond acceptors (Lipinski definition) is 11. The van der Waals surface area contributed by atoms with Gasteiger partial charge < -0.3 is 54.3 Å². The standard InChI is InChI=1S/C25H32O11/c1-32-16-6-11(4-5-14(16)27)20-13-9-15(28)17(33-2)7-12(13)8-18(34-3)24(20)36-25-23(31)22(30)21(29)19(10-26)35-25/h4-7,9,18-31H,8,10H2,1-3H3/t18-,19+,20+,21+,22+,23-,24+,25-/m0/s1. The highest BCUT2D eigenvalue weighted by molar-refractivity contribution is 5.54. The van der Waals surface area contributed by atoms with Crippen LogP contribution < -0.4 is 9.47 Å². The fourth-order valence-electron chi connectivity index (χ4n) is 4.96. The van der Waals surface area contributed by atoms with E-state index in [1.54, 1.807) is 24.3 Å². The Kier molecular flexibility index (Phi) is 7.90. The number of phenols is 2. The van der Waals surface area contributed by atoms with E-state index >= 15 is 0 Å². The minimum absolute atomic E-state index is 0.0652. The van der Waals surface area contributed by atoms with Crippen molar-refractivity contribution in [1.29, 1.82) is 0 Å². The number of benzene rings is 2. The number of ether oxygens (including phenoxy) is 5. The maximum Gasteiger partial charge on any atom is 0.187 e. The number of hydrogen-bond donors (Lipinski definition) is 6. The molecule has 6 N–H and O–H groups in total. The summed E-state index contributed by atoms with van der Waals surface area (Å²) in [7, 11) is 4.38. The first-order chi connectivity index (χ1) is 17.2. The highest BCUT2D eigenvalue weighted by atomic mass is 16.7. The van der Waals surface area contributed by atoms with Gasteiger partial charge in [-0.1, -0.05) is 6.07 Å². The molecular formula is C25H32O11. The number of methoxy groups -OCH3 is 3. The number of aromatic hydroxyl groups is 2. The molecule has 0 amide bonds. The van der Waals surface area contributed by atoms with Gasteiger partial charge in [0.25, 0.3) is 0 Å². The van der Waals surface area contributed by atoms with Crippen molar-refractivity contribution >= 4 is 0 Å². The molecule has 1 aliphatic heterocycles. The zero-order chi connectivity index (χ0) is 26.1. The van der Waals surface area contributed by atoms with Crippen molar-refractivity contribution in [3.63, 3.8) is 0 Å². The lowest BCUT2D eigenvalue weighted by Crippen LogP contribution is -2.60. The van der Waals surface area contributed by atoms with E-state index in [1.807, 2.05) is 0 Å². The molecule has 4 rings (SSSR count). The third-order valence-electron chi connectivity index (χ3n) is 6.90. The van der Waals surface area contributed by atoms with Gasteiger partial charge in [-0.05, 0) is 41.0 Å². The monoisotopic (exact) mass is 508 g/mol. The molecule has 0 aromatic heterocycles. The number of aliphatic hydroxyl groups is 4. The van der Waals surface area contributed by atoms with Crippen molar-refractivity contribution in [2.45, 2.75) is 55.3 Å². The third-order valence-corrected chi connectivity index (χ3v) is 6.90. The average Bonchev–Trinajstić information content (AvgIpc) is 2.88. The molecule has 0 spiro atoms. The Balaban J connectivity index is 1.81. The van der Waals surface area contributed by atoms with E-state index in [2.05, 4.69) is 0 Å². The lowest BCUT2D eigenvalue weighted by molar-refractivity contribution is -0.319. The topological polar surface area (TPSA) is 168 Å². The number of aliphatic hydroxyl groups excluding tert-OH is 4. The first-order valence-corrected chi connectivity index (χ1v) is 11.5. The lowest BCUT2D eigenvalue weighted by atomic mass is 9.75. The Hall–Kier alpha value is -2.64. The molecule has 2 aliphatic rings. The van der Waals surface area contributed by atoms with E-state index in [0.717, 1.165) is 5.56 Å². The van der Waals surface area contributed by atoms with Crippen molar-refractivity contribution < 1.29 is 54.3 Å². The van der Waals surface area contributed by atoms with E-state index in [4.69, 9.17) is 23.7 Å². The van der Waals surface area contributed by atoms with Crippen LogP contribution in [-0.4, -0.2) is 101 Å². The minimum Gasteiger partial charge on any atom is -0.504 e. The van der Waals surface area contributed by atoms with Crippen LogP contribution in [-0.2, 0) is 20.6 Å². The van der Waals surface area contributed by atoms with Crippen LogP contribution in [0.15, 0.2) is 30.3 Å². The number of fused-ring (bicyclic) bond motifs is 1. The van der Waals surface area contributed by atoms with Crippen LogP contribution in [0.3, 0.4) is 0 Å². The largest absolute Gasteiger partial charge is 0.504 e. The summed E-state index contributed by atoms with van der Waals surface area (Å²) in [6.07, 6.45) is -8.36. The van der Waals surface area contributed by atoms with Gasteiger partial charge in [0, 0.05) is 19.4 Å². The molecule has 0 radical (unpaired) electrons. The van der Waals surface area contributed by atoms with Crippen molar-refractivity contribution in [2.75, 3.05) is 27.9 Å².